The number of likely N-dealkylation sites (N-methyl/N-ethyl adjacent to an activating group) is 1. The first kappa shape index (κ1) is 22.2. The molecule has 0 saturated carbocycles. The third kappa shape index (κ3) is 4.82. The van der Waals surface area contributed by atoms with Crippen molar-refractivity contribution in [2.75, 3.05) is 32.8 Å². The number of nitrogens with one attached hydrogen (secondary N) is 1. The molecule has 1 aliphatic heterocycles. The van der Waals surface area contributed by atoms with Crippen molar-refractivity contribution in [1.29, 1.82) is 0 Å². The van der Waals surface area contributed by atoms with Gasteiger partial charge in [0.15, 0.2) is 18.1 Å². The highest BCUT2D eigenvalue weighted by atomic mass is 16.5. The molecular formula is C24H29N3O4. The topological polar surface area (TPSA) is 72.4 Å². The predicted octanol–water partition coefficient (Wildman–Crippen LogP) is 3.86. The molecule has 0 radical (unpaired) electrons. The fourth-order valence-corrected chi connectivity index (χ4v) is 3.56. The van der Waals surface area contributed by atoms with Crippen molar-refractivity contribution in [3.63, 3.8) is 0 Å². The maximum absolute atomic E-state index is 12.1. The van der Waals surface area contributed by atoms with Crippen molar-refractivity contribution in [1.82, 2.24) is 5.43 Å². The molecular weight excluding hydrogens is 394 g/mol. The van der Waals surface area contributed by atoms with E-state index in [4.69, 9.17) is 14.2 Å². The Morgan fingerprint density at radius 2 is 1.81 bits per heavy atom. The van der Waals surface area contributed by atoms with Gasteiger partial charge >= 0.3 is 0 Å². The molecule has 0 unspecified atom stereocenters. The van der Waals surface area contributed by atoms with Gasteiger partial charge in [-0.3, -0.25) is 4.79 Å². The van der Waals surface area contributed by atoms with Gasteiger partial charge in [0.2, 0.25) is 0 Å². The lowest BCUT2D eigenvalue weighted by atomic mass is 9.88. The molecule has 1 N–H and O–H groups in total. The number of fused-ring (bicyclic) bond motifs is 1. The normalized spacial score (nSPS) is 14.6. The zero-order valence-corrected chi connectivity index (χ0v) is 18.9. The summed E-state index contributed by atoms with van der Waals surface area (Å²) in [6, 6.07) is 11.2. The number of nitrogens with zero attached hydrogens (tertiary/aromatic N) is 2. The van der Waals surface area contributed by atoms with Gasteiger partial charge in [-0.15, -0.1) is 0 Å². The number of para-hydroxylation sites is 2. The zero-order chi connectivity index (χ0) is 22.6. The molecule has 1 aliphatic rings. The molecule has 2 aromatic rings. The minimum atomic E-state index is -0.378. The fourth-order valence-electron chi connectivity index (χ4n) is 3.56. The van der Waals surface area contributed by atoms with Crippen molar-refractivity contribution in [3.8, 4) is 17.2 Å². The van der Waals surface area contributed by atoms with Gasteiger partial charge in [-0.2, -0.15) is 5.10 Å². The van der Waals surface area contributed by atoms with E-state index in [1.165, 1.54) is 5.57 Å². The number of carbonyl (C=O) groups is 1. The molecule has 7 heteroatoms. The van der Waals surface area contributed by atoms with E-state index in [0.717, 1.165) is 16.8 Å². The molecule has 0 aromatic heterocycles. The Morgan fingerprint density at radius 3 is 2.48 bits per heavy atom. The van der Waals surface area contributed by atoms with Crippen molar-refractivity contribution in [2.45, 2.75) is 26.3 Å². The summed E-state index contributed by atoms with van der Waals surface area (Å²) < 4.78 is 16.3. The lowest BCUT2D eigenvalue weighted by Crippen LogP contribution is -2.42. The molecule has 0 aliphatic carbocycles. The Bertz CT molecular complexity index is 1030. The van der Waals surface area contributed by atoms with Gasteiger partial charge in [-0.25, -0.2) is 5.43 Å². The first-order valence-corrected chi connectivity index (χ1v) is 10.00. The molecule has 31 heavy (non-hydrogen) atoms. The molecule has 0 saturated heterocycles. The summed E-state index contributed by atoms with van der Waals surface area (Å²) in [7, 11) is 5.24. The largest absolute Gasteiger partial charge is 0.496 e. The summed E-state index contributed by atoms with van der Waals surface area (Å²) >= 11 is 0. The average Bonchev–Trinajstić information content (AvgIpc) is 2.75. The molecule has 0 spiro atoms. The quantitative estimate of drug-likeness (QED) is 0.541. The maximum atomic E-state index is 12.1. The summed E-state index contributed by atoms with van der Waals surface area (Å²) in [5.41, 5.74) is 6.55. The molecule has 0 atom stereocenters. The van der Waals surface area contributed by atoms with Crippen LogP contribution in [0.5, 0.6) is 17.2 Å². The van der Waals surface area contributed by atoms with E-state index in [1.54, 1.807) is 32.6 Å². The highest BCUT2D eigenvalue weighted by Crippen LogP contribution is 2.40. The first-order valence-electron chi connectivity index (χ1n) is 10.00. The Labute approximate surface area is 183 Å². The van der Waals surface area contributed by atoms with Crippen LogP contribution in [-0.4, -0.2) is 45.5 Å². The molecule has 0 bridgehead atoms. The van der Waals surface area contributed by atoms with Crippen molar-refractivity contribution in [2.24, 2.45) is 5.10 Å². The molecule has 1 heterocycles. The highest BCUT2D eigenvalue weighted by Gasteiger charge is 2.29. The van der Waals surface area contributed by atoms with Crippen LogP contribution in [0.15, 0.2) is 47.6 Å². The van der Waals surface area contributed by atoms with E-state index < -0.39 is 0 Å². The van der Waals surface area contributed by atoms with Crippen LogP contribution in [0.25, 0.3) is 5.57 Å². The smallest absolute Gasteiger partial charge is 0.277 e. The Morgan fingerprint density at radius 1 is 1.13 bits per heavy atom. The third-order valence-electron chi connectivity index (χ3n) is 5.39. The maximum Gasteiger partial charge on any atom is 0.277 e. The number of amides is 1. The van der Waals surface area contributed by atoms with Gasteiger partial charge < -0.3 is 19.1 Å². The van der Waals surface area contributed by atoms with Crippen LogP contribution in [0, 0.1) is 0 Å². The number of hydrogen-bond donors (Lipinski definition) is 1. The summed E-state index contributed by atoms with van der Waals surface area (Å²) in [4.78, 5) is 14.3. The number of hydrazone groups is 1. The molecule has 0 fully saturated rings. The van der Waals surface area contributed by atoms with Gasteiger partial charge in [0.1, 0.15) is 5.75 Å². The van der Waals surface area contributed by atoms with Crippen molar-refractivity contribution in [3.05, 3.63) is 53.6 Å². The molecule has 2 aromatic carbocycles. The van der Waals surface area contributed by atoms with E-state index >= 15 is 0 Å². The van der Waals surface area contributed by atoms with Gasteiger partial charge in [0.05, 0.1) is 26.0 Å². The highest BCUT2D eigenvalue weighted by molar-refractivity contribution is 5.91. The third-order valence-corrected chi connectivity index (χ3v) is 5.39. The minimum Gasteiger partial charge on any atom is -0.496 e. The van der Waals surface area contributed by atoms with Crippen LogP contribution in [-0.2, 0) is 4.79 Å². The van der Waals surface area contributed by atoms with E-state index in [2.05, 4.69) is 49.3 Å². The Kier molecular flexibility index (Phi) is 6.53. The van der Waals surface area contributed by atoms with Crippen LogP contribution in [0.4, 0.5) is 5.69 Å². The number of rotatable bonds is 7. The van der Waals surface area contributed by atoms with Gasteiger partial charge in [0, 0.05) is 29.9 Å². The second kappa shape index (κ2) is 9.12. The number of carbonyl (C=O) groups excluding carboxylic acids is 1. The number of ether oxygens (including phenoxy) is 3. The standard InChI is InChI=1S/C24H29N3O4/c1-16-13-24(2,3)27(4)19-12-22(30-6)17(11-18(16)19)14-25-26-23(28)15-31-21-10-8-7-9-20(21)29-5/h7-14H,15H2,1-6H3,(H,26,28)/b25-14+. The lowest BCUT2D eigenvalue weighted by molar-refractivity contribution is -0.123. The number of hydrogen-bond acceptors (Lipinski definition) is 6. The fraction of sp³-hybridized carbons (Fsp3) is 0.333. The molecule has 164 valence electrons. The zero-order valence-electron chi connectivity index (χ0n) is 18.9. The second-order valence-corrected chi connectivity index (χ2v) is 7.88. The molecule has 3 rings (SSSR count). The lowest BCUT2D eigenvalue weighted by Gasteiger charge is -2.40. The van der Waals surface area contributed by atoms with Crippen molar-refractivity contribution >= 4 is 23.4 Å². The van der Waals surface area contributed by atoms with Gasteiger partial charge in [0.25, 0.3) is 5.91 Å². The van der Waals surface area contributed by atoms with Crippen LogP contribution in [0.3, 0.4) is 0 Å². The van der Waals surface area contributed by atoms with E-state index in [-0.39, 0.29) is 18.1 Å². The number of benzene rings is 2. The summed E-state index contributed by atoms with van der Waals surface area (Å²) in [6.07, 6.45) is 3.81. The minimum absolute atomic E-state index is 0.0902. The molecule has 7 nitrogen and oxygen atoms in total. The summed E-state index contributed by atoms with van der Waals surface area (Å²) in [6.45, 7) is 6.26. The van der Waals surface area contributed by atoms with E-state index in [1.807, 2.05) is 24.3 Å². The number of allylic oxidation sites excluding steroid dienone is 1. The molecule has 1 amide bonds. The first-order chi connectivity index (χ1) is 14.8. The van der Waals surface area contributed by atoms with Crippen LogP contribution >= 0.6 is 0 Å². The van der Waals surface area contributed by atoms with Crippen LogP contribution < -0.4 is 24.5 Å². The van der Waals surface area contributed by atoms with Crippen LogP contribution in [0.2, 0.25) is 0 Å². The van der Waals surface area contributed by atoms with Crippen molar-refractivity contribution < 1.29 is 19.0 Å². The van der Waals surface area contributed by atoms with Crippen LogP contribution in [0.1, 0.15) is 31.9 Å². The van der Waals surface area contributed by atoms with Gasteiger partial charge in [-0.05, 0) is 44.5 Å². The number of anilines is 1. The average molecular weight is 424 g/mol. The number of methoxy groups -OCH3 is 2. The SMILES string of the molecule is COc1cc2c(cc1/C=N/NC(=O)COc1ccccc1OC)C(C)=CC(C)(C)N2C. The monoisotopic (exact) mass is 423 g/mol. The van der Waals surface area contributed by atoms with Gasteiger partial charge in [-0.1, -0.05) is 18.2 Å². The summed E-state index contributed by atoms with van der Waals surface area (Å²) in [5.74, 6) is 1.36. The Hall–Kier alpha value is -3.48. The predicted molar refractivity (Wildman–Crippen MR) is 123 cm³/mol. The van der Waals surface area contributed by atoms with E-state index in [0.29, 0.717) is 17.2 Å². The second-order valence-electron chi connectivity index (χ2n) is 7.88. The van der Waals surface area contributed by atoms with E-state index in [9.17, 15) is 4.79 Å². The Balaban J connectivity index is 1.71. The summed E-state index contributed by atoms with van der Waals surface area (Å²) in [5, 5.41) is 4.08.